The van der Waals surface area contributed by atoms with Crippen molar-refractivity contribution in [1.82, 2.24) is 9.78 Å². The Kier molecular flexibility index (Phi) is 5.24. The molecule has 23 heavy (non-hydrogen) atoms. The molecule has 1 unspecified atom stereocenters. The summed E-state index contributed by atoms with van der Waals surface area (Å²) in [6.07, 6.45) is 1.43. The third-order valence-electron chi connectivity index (χ3n) is 3.17. The van der Waals surface area contributed by atoms with Gasteiger partial charge in [0.15, 0.2) is 0 Å². The minimum Gasteiger partial charge on any atom is -0.462 e. The molecule has 1 N–H and O–H groups in total. The van der Waals surface area contributed by atoms with Gasteiger partial charge in [-0.15, -0.1) is 0 Å². The molecule has 0 aliphatic rings. The monoisotopic (exact) mass is 315 g/mol. The van der Waals surface area contributed by atoms with Crippen molar-refractivity contribution >= 4 is 17.6 Å². The van der Waals surface area contributed by atoms with E-state index in [4.69, 9.17) is 4.74 Å². The first-order chi connectivity index (χ1) is 11.0. The second kappa shape index (κ2) is 7.35. The van der Waals surface area contributed by atoms with E-state index < -0.39 is 17.9 Å². The van der Waals surface area contributed by atoms with Crippen molar-refractivity contribution in [3.8, 4) is 0 Å². The van der Waals surface area contributed by atoms with Crippen LogP contribution in [0.3, 0.4) is 0 Å². The Morgan fingerprint density at radius 3 is 2.70 bits per heavy atom. The van der Waals surface area contributed by atoms with E-state index >= 15 is 0 Å². The number of hydrogen-bond donors (Lipinski definition) is 1. The maximum atomic E-state index is 12.3. The predicted octanol–water partition coefficient (Wildman–Crippen LogP) is 1.62. The molecule has 2 rings (SSSR count). The number of benzene rings is 1. The highest BCUT2D eigenvalue weighted by Crippen LogP contribution is 2.17. The Morgan fingerprint density at radius 1 is 1.26 bits per heavy atom. The largest absolute Gasteiger partial charge is 0.462 e. The number of para-hydroxylation sites is 1. The van der Waals surface area contributed by atoms with Crippen molar-refractivity contribution < 1.29 is 14.3 Å². The molecule has 7 heteroatoms. The fraction of sp³-hybridized carbons (Fsp3) is 0.250. The van der Waals surface area contributed by atoms with Gasteiger partial charge in [-0.2, -0.15) is 5.10 Å². The molecule has 0 bridgehead atoms. The third-order valence-corrected chi connectivity index (χ3v) is 3.17. The molecular formula is C16H17N3O4. The van der Waals surface area contributed by atoms with Gasteiger partial charge in [0, 0.05) is 12.3 Å². The number of nitrogens with zero attached hydrogens (tertiary/aromatic N) is 2. The summed E-state index contributed by atoms with van der Waals surface area (Å²) < 4.78 is 6.03. The average Bonchev–Trinajstić information content (AvgIpc) is 2.55. The van der Waals surface area contributed by atoms with Gasteiger partial charge < -0.3 is 10.1 Å². The van der Waals surface area contributed by atoms with Gasteiger partial charge in [-0.05, 0) is 32.0 Å². The first-order valence-corrected chi connectivity index (χ1v) is 7.15. The Bertz CT molecular complexity index is 770. The van der Waals surface area contributed by atoms with Crippen LogP contribution in [0.15, 0.2) is 47.4 Å². The van der Waals surface area contributed by atoms with E-state index in [9.17, 15) is 14.4 Å². The smallest absolute Gasteiger partial charge is 0.340 e. The summed E-state index contributed by atoms with van der Waals surface area (Å²) in [4.78, 5) is 36.0. The van der Waals surface area contributed by atoms with Gasteiger partial charge in [-0.25, -0.2) is 9.48 Å². The van der Waals surface area contributed by atoms with Crippen LogP contribution in [0.4, 0.5) is 5.69 Å². The molecule has 7 nitrogen and oxygen atoms in total. The lowest BCUT2D eigenvalue weighted by Crippen LogP contribution is -2.33. The normalized spacial score (nSPS) is 11.6. The van der Waals surface area contributed by atoms with Crippen molar-refractivity contribution in [2.45, 2.75) is 19.9 Å². The molecule has 0 spiro atoms. The summed E-state index contributed by atoms with van der Waals surface area (Å²) >= 11 is 0. The molecule has 0 radical (unpaired) electrons. The first-order valence-electron chi connectivity index (χ1n) is 7.15. The lowest BCUT2D eigenvalue weighted by Gasteiger charge is -2.15. The highest BCUT2D eigenvalue weighted by Gasteiger charge is 2.20. The highest BCUT2D eigenvalue weighted by molar-refractivity contribution is 6.02. The molecule has 0 saturated carbocycles. The number of ether oxygens (including phenoxy) is 1. The summed E-state index contributed by atoms with van der Waals surface area (Å²) in [5.74, 6) is -0.978. The second-order valence-corrected chi connectivity index (χ2v) is 4.74. The zero-order valence-corrected chi connectivity index (χ0v) is 12.9. The number of esters is 1. The molecule has 1 atom stereocenters. The van der Waals surface area contributed by atoms with Crippen LogP contribution in [0.1, 0.15) is 30.2 Å². The molecule has 2 aromatic rings. The lowest BCUT2D eigenvalue weighted by atomic mass is 10.1. The number of carbonyl (C=O) groups is 2. The number of aromatic nitrogens is 2. The highest BCUT2D eigenvalue weighted by atomic mass is 16.5. The van der Waals surface area contributed by atoms with E-state index in [-0.39, 0.29) is 17.7 Å². The predicted molar refractivity (Wildman–Crippen MR) is 84.2 cm³/mol. The number of anilines is 1. The van der Waals surface area contributed by atoms with Gasteiger partial charge in [-0.3, -0.25) is 9.59 Å². The lowest BCUT2D eigenvalue weighted by molar-refractivity contribution is -0.119. The molecular weight excluding hydrogens is 298 g/mol. The Morgan fingerprint density at radius 2 is 2.00 bits per heavy atom. The maximum Gasteiger partial charge on any atom is 0.340 e. The summed E-state index contributed by atoms with van der Waals surface area (Å²) in [5.41, 5.74) is 0.198. The molecule has 0 saturated heterocycles. The standard InChI is InChI=1S/C16H17N3O4/c1-3-23-16(22)12-7-4-5-8-13(12)18-15(21)11(2)19-14(20)9-6-10-17-19/h4-11H,3H2,1-2H3,(H,18,21). The van der Waals surface area contributed by atoms with Gasteiger partial charge >= 0.3 is 5.97 Å². The van der Waals surface area contributed by atoms with E-state index in [1.54, 1.807) is 38.1 Å². The third kappa shape index (κ3) is 3.82. The van der Waals surface area contributed by atoms with E-state index in [1.807, 2.05) is 0 Å². The van der Waals surface area contributed by atoms with Crippen molar-refractivity contribution in [2.75, 3.05) is 11.9 Å². The number of amides is 1. The molecule has 0 aliphatic carbocycles. The topological polar surface area (TPSA) is 90.3 Å². The van der Waals surface area contributed by atoms with E-state index in [0.717, 1.165) is 4.68 Å². The molecule has 0 aliphatic heterocycles. The van der Waals surface area contributed by atoms with Crippen LogP contribution >= 0.6 is 0 Å². The summed E-state index contributed by atoms with van der Waals surface area (Å²) in [6.45, 7) is 3.49. The second-order valence-electron chi connectivity index (χ2n) is 4.74. The van der Waals surface area contributed by atoms with Crippen LogP contribution in [0.2, 0.25) is 0 Å². The number of rotatable bonds is 5. The van der Waals surface area contributed by atoms with Crippen molar-refractivity contribution in [2.24, 2.45) is 0 Å². The number of nitrogens with one attached hydrogen (secondary N) is 1. The van der Waals surface area contributed by atoms with Gasteiger partial charge in [-0.1, -0.05) is 12.1 Å². The van der Waals surface area contributed by atoms with Gasteiger partial charge in [0.1, 0.15) is 6.04 Å². The summed E-state index contributed by atoms with van der Waals surface area (Å²) in [7, 11) is 0. The van der Waals surface area contributed by atoms with Crippen LogP contribution < -0.4 is 10.9 Å². The number of carbonyl (C=O) groups excluding carboxylic acids is 2. The van der Waals surface area contributed by atoms with Crippen molar-refractivity contribution in [1.29, 1.82) is 0 Å². The minimum absolute atomic E-state index is 0.237. The van der Waals surface area contributed by atoms with Crippen LogP contribution in [0.5, 0.6) is 0 Å². The summed E-state index contributed by atoms with van der Waals surface area (Å²) in [5, 5.41) is 6.52. The Labute approximate surface area is 132 Å². The van der Waals surface area contributed by atoms with Crippen LogP contribution in [-0.2, 0) is 9.53 Å². The van der Waals surface area contributed by atoms with Gasteiger partial charge in [0.25, 0.3) is 5.56 Å². The molecule has 1 aromatic heterocycles. The zero-order valence-electron chi connectivity index (χ0n) is 12.9. The van der Waals surface area contributed by atoms with Crippen LogP contribution in [0.25, 0.3) is 0 Å². The van der Waals surface area contributed by atoms with Gasteiger partial charge in [0.05, 0.1) is 17.9 Å². The SMILES string of the molecule is CCOC(=O)c1ccccc1NC(=O)C(C)n1ncccc1=O. The van der Waals surface area contributed by atoms with E-state index in [0.29, 0.717) is 5.69 Å². The van der Waals surface area contributed by atoms with E-state index in [1.165, 1.54) is 18.3 Å². The minimum atomic E-state index is -0.820. The molecule has 1 aromatic carbocycles. The molecule has 1 amide bonds. The Balaban J connectivity index is 2.22. The molecule has 0 fully saturated rings. The first kappa shape index (κ1) is 16.4. The average molecular weight is 315 g/mol. The van der Waals surface area contributed by atoms with Gasteiger partial charge in [0.2, 0.25) is 5.91 Å². The van der Waals surface area contributed by atoms with E-state index in [2.05, 4.69) is 10.4 Å². The quantitative estimate of drug-likeness (QED) is 0.847. The van der Waals surface area contributed by atoms with Crippen molar-refractivity contribution in [3.63, 3.8) is 0 Å². The molecule has 120 valence electrons. The molecule has 1 heterocycles. The van der Waals surface area contributed by atoms with Crippen molar-refractivity contribution in [3.05, 3.63) is 58.5 Å². The zero-order chi connectivity index (χ0) is 16.8. The Hall–Kier alpha value is -2.96. The van der Waals surface area contributed by atoms with Crippen LogP contribution in [0, 0.1) is 0 Å². The number of hydrogen-bond acceptors (Lipinski definition) is 5. The maximum absolute atomic E-state index is 12.3. The summed E-state index contributed by atoms with van der Waals surface area (Å²) in [6, 6.07) is 8.52. The van der Waals surface area contributed by atoms with Crippen LogP contribution in [-0.4, -0.2) is 28.3 Å². The fourth-order valence-electron chi connectivity index (χ4n) is 1.99. The fourth-order valence-corrected chi connectivity index (χ4v) is 1.99.